The molecule has 0 aliphatic heterocycles. The third-order valence-electron chi connectivity index (χ3n) is 7.15. The van der Waals surface area contributed by atoms with Crippen molar-refractivity contribution in [3.63, 3.8) is 0 Å². The van der Waals surface area contributed by atoms with Crippen LogP contribution in [0.3, 0.4) is 0 Å². The topological polar surface area (TPSA) is 117 Å². The maximum absolute atomic E-state index is 13.6. The lowest BCUT2D eigenvalue weighted by Gasteiger charge is -2.19. The molecule has 6 aromatic rings. The van der Waals surface area contributed by atoms with Gasteiger partial charge >= 0.3 is 5.69 Å². The Kier molecular flexibility index (Phi) is 7.08. The summed E-state index contributed by atoms with van der Waals surface area (Å²) in [6, 6.07) is 22.0. The summed E-state index contributed by atoms with van der Waals surface area (Å²) in [5.41, 5.74) is 10.6. The van der Waals surface area contributed by atoms with E-state index in [0.29, 0.717) is 41.2 Å². The third kappa shape index (κ3) is 4.99. The van der Waals surface area contributed by atoms with Crippen molar-refractivity contribution in [3.8, 4) is 16.9 Å². The summed E-state index contributed by atoms with van der Waals surface area (Å²) >= 11 is 1.52. The fraction of sp³-hybridized carbons (Fsp3) is 0.161. The van der Waals surface area contributed by atoms with Crippen LogP contribution in [0.2, 0.25) is 0 Å². The summed E-state index contributed by atoms with van der Waals surface area (Å²) in [5.74, 6) is 1.15. The number of rotatable bonds is 8. The van der Waals surface area contributed by atoms with Gasteiger partial charge in [-0.25, -0.2) is 9.78 Å². The van der Waals surface area contributed by atoms with Gasteiger partial charge in [0.25, 0.3) is 5.56 Å². The number of aryl methyl sites for hydroxylation is 1. The van der Waals surface area contributed by atoms with E-state index in [1.807, 2.05) is 36.4 Å². The molecule has 0 saturated heterocycles. The predicted octanol–water partition coefficient (Wildman–Crippen LogP) is 4.56. The molecule has 0 unspecified atom stereocenters. The minimum Gasteiger partial charge on any atom is -0.488 e. The Morgan fingerprint density at radius 3 is 2.59 bits per heavy atom. The van der Waals surface area contributed by atoms with Gasteiger partial charge in [0.2, 0.25) is 0 Å². The highest BCUT2D eigenvalue weighted by Gasteiger charge is 2.22. The maximum atomic E-state index is 13.6. The third-order valence-corrected chi connectivity index (χ3v) is 7.91. The number of nitrogens with zero attached hydrogens (tertiary/aromatic N) is 4. The van der Waals surface area contributed by atoms with Gasteiger partial charge in [-0.3, -0.25) is 18.9 Å². The van der Waals surface area contributed by atoms with Gasteiger partial charge in [0, 0.05) is 44.5 Å². The number of fused-ring (bicyclic) bond motifs is 2. The zero-order valence-electron chi connectivity index (χ0n) is 22.6. The van der Waals surface area contributed by atoms with E-state index in [9.17, 15) is 9.59 Å². The molecular weight excluding hydrogens is 536 g/mol. The van der Waals surface area contributed by atoms with Crippen LogP contribution in [0.15, 0.2) is 88.0 Å². The first kappa shape index (κ1) is 26.4. The lowest BCUT2D eigenvalue weighted by molar-refractivity contribution is 0.309. The number of benzene rings is 3. The SMILES string of the molecule is Cn1c(=O)c2c(-c3cccc(OCc4cncs4)c3)c(CN)c(NCc3ccc4ccccc4c3)nc2n(C)c1=O. The fourth-order valence-electron chi connectivity index (χ4n) is 5.03. The highest BCUT2D eigenvalue weighted by Crippen LogP contribution is 2.35. The zero-order chi connectivity index (χ0) is 28.5. The largest absolute Gasteiger partial charge is 0.488 e. The molecule has 0 aliphatic rings. The first-order chi connectivity index (χ1) is 19.9. The van der Waals surface area contributed by atoms with Crippen LogP contribution in [0.25, 0.3) is 32.9 Å². The summed E-state index contributed by atoms with van der Waals surface area (Å²) in [4.78, 5) is 36.3. The molecule has 0 radical (unpaired) electrons. The average molecular weight is 565 g/mol. The van der Waals surface area contributed by atoms with E-state index >= 15 is 0 Å². The van der Waals surface area contributed by atoms with Gasteiger partial charge in [-0.15, -0.1) is 11.3 Å². The molecule has 0 bridgehead atoms. The summed E-state index contributed by atoms with van der Waals surface area (Å²) in [6.07, 6.45) is 1.77. The number of anilines is 1. The van der Waals surface area contributed by atoms with Gasteiger partial charge < -0.3 is 15.8 Å². The predicted molar refractivity (Wildman–Crippen MR) is 163 cm³/mol. The monoisotopic (exact) mass is 564 g/mol. The first-order valence-electron chi connectivity index (χ1n) is 13.1. The molecule has 0 aliphatic carbocycles. The van der Waals surface area contributed by atoms with Crippen LogP contribution in [0, 0.1) is 0 Å². The highest BCUT2D eigenvalue weighted by molar-refractivity contribution is 7.09. The molecule has 9 nitrogen and oxygen atoms in total. The van der Waals surface area contributed by atoms with Gasteiger partial charge in [0.15, 0.2) is 5.65 Å². The molecule has 3 aromatic carbocycles. The fourth-order valence-corrected chi connectivity index (χ4v) is 5.54. The van der Waals surface area contributed by atoms with Gasteiger partial charge in [-0.2, -0.15) is 0 Å². The maximum Gasteiger partial charge on any atom is 0.332 e. The quantitative estimate of drug-likeness (QED) is 0.278. The van der Waals surface area contributed by atoms with Crippen molar-refractivity contribution in [2.75, 3.05) is 5.32 Å². The van der Waals surface area contributed by atoms with Crippen LogP contribution < -0.4 is 27.0 Å². The second-order valence-corrected chi connectivity index (χ2v) is 10.7. The lowest BCUT2D eigenvalue weighted by atomic mass is 9.96. The second kappa shape index (κ2) is 11.0. The smallest absolute Gasteiger partial charge is 0.332 e. The minimum absolute atomic E-state index is 0.121. The molecule has 0 atom stereocenters. The Labute approximate surface area is 239 Å². The van der Waals surface area contributed by atoms with Crippen molar-refractivity contribution >= 4 is 39.0 Å². The molecule has 0 amide bonds. The molecule has 3 heterocycles. The lowest BCUT2D eigenvalue weighted by Crippen LogP contribution is -2.38. The first-order valence-corrected chi connectivity index (χ1v) is 14.0. The van der Waals surface area contributed by atoms with Gasteiger partial charge in [-0.1, -0.05) is 48.5 Å². The zero-order valence-corrected chi connectivity index (χ0v) is 23.4. The summed E-state index contributed by atoms with van der Waals surface area (Å²) < 4.78 is 8.53. The minimum atomic E-state index is -0.455. The Hall–Kier alpha value is -4.80. The van der Waals surface area contributed by atoms with E-state index in [2.05, 4.69) is 40.6 Å². The highest BCUT2D eigenvalue weighted by atomic mass is 32.1. The van der Waals surface area contributed by atoms with Crippen LogP contribution in [0.1, 0.15) is 16.0 Å². The van der Waals surface area contributed by atoms with E-state index < -0.39 is 11.2 Å². The van der Waals surface area contributed by atoms with Crippen LogP contribution in [0.4, 0.5) is 5.82 Å². The molecule has 6 rings (SSSR count). The number of nitrogens with two attached hydrogens (primary N) is 1. The van der Waals surface area contributed by atoms with Crippen molar-refractivity contribution in [3.05, 3.63) is 115 Å². The van der Waals surface area contributed by atoms with Crippen molar-refractivity contribution in [2.24, 2.45) is 19.8 Å². The Balaban J connectivity index is 1.48. The van der Waals surface area contributed by atoms with E-state index in [-0.39, 0.29) is 12.2 Å². The Morgan fingerprint density at radius 1 is 0.976 bits per heavy atom. The Morgan fingerprint density at radius 2 is 1.80 bits per heavy atom. The van der Waals surface area contributed by atoms with Crippen molar-refractivity contribution in [1.29, 1.82) is 0 Å². The number of nitrogens with one attached hydrogen (secondary N) is 1. The van der Waals surface area contributed by atoms with Crippen LogP contribution >= 0.6 is 11.3 Å². The normalized spacial score (nSPS) is 11.3. The molecule has 0 spiro atoms. The molecule has 10 heteroatoms. The van der Waals surface area contributed by atoms with Crippen molar-refractivity contribution in [2.45, 2.75) is 19.7 Å². The molecule has 41 heavy (non-hydrogen) atoms. The van der Waals surface area contributed by atoms with Crippen LogP contribution in [-0.2, 0) is 33.8 Å². The number of aromatic nitrogens is 4. The van der Waals surface area contributed by atoms with Gasteiger partial charge in [0.05, 0.1) is 15.8 Å². The number of pyridine rings is 1. The van der Waals surface area contributed by atoms with Crippen molar-refractivity contribution < 1.29 is 4.74 Å². The van der Waals surface area contributed by atoms with E-state index in [1.165, 1.54) is 23.0 Å². The van der Waals surface area contributed by atoms with Crippen LogP contribution in [-0.4, -0.2) is 19.1 Å². The standard InChI is InChI=1S/C31H28N6O3S/c1-36-29-27(30(38)37(2)31(36)39)26(22-8-5-9-23(13-22)40-17-24-16-33-18-41-24)25(14-32)28(35-29)34-15-19-10-11-20-6-3-4-7-21(20)12-19/h3-13,16,18H,14-15,17,32H2,1-2H3,(H,34,35). The summed E-state index contributed by atoms with van der Waals surface area (Å²) in [5, 5.41) is 6.06. The second-order valence-electron chi connectivity index (χ2n) is 9.74. The summed E-state index contributed by atoms with van der Waals surface area (Å²) in [6.45, 7) is 0.979. The van der Waals surface area contributed by atoms with E-state index in [1.54, 1.807) is 18.8 Å². The number of ether oxygens (including phenoxy) is 1. The summed E-state index contributed by atoms with van der Waals surface area (Å²) in [7, 11) is 3.08. The van der Waals surface area contributed by atoms with E-state index in [0.717, 1.165) is 31.3 Å². The number of hydrogen-bond donors (Lipinski definition) is 2. The molecular formula is C31H28N6O3S. The molecule has 3 N–H and O–H groups in total. The Bertz CT molecular complexity index is 2010. The van der Waals surface area contributed by atoms with Crippen LogP contribution in [0.5, 0.6) is 5.75 Å². The molecule has 0 fully saturated rings. The van der Waals surface area contributed by atoms with Crippen molar-refractivity contribution in [1.82, 2.24) is 19.1 Å². The van der Waals surface area contributed by atoms with Gasteiger partial charge in [-0.05, 0) is 40.1 Å². The number of hydrogen-bond acceptors (Lipinski definition) is 8. The molecule has 206 valence electrons. The van der Waals surface area contributed by atoms with E-state index in [4.69, 9.17) is 15.5 Å². The average Bonchev–Trinajstić information content (AvgIpc) is 3.54. The molecule has 0 saturated carbocycles. The number of thiazole rings is 1. The van der Waals surface area contributed by atoms with Gasteiger partial charge in [0.1, 0.15) is 18.2 Å². The molecule has 3 aromatic heterocycles.